The van der Waals surface area contributed by atoms with Crippen LogP contribution in [0.15, 0.2) is 30.3 Å². The van der Waals surface area contributed by atoms with Crippen LogP contribution in [0.2, 0.25) is 0 Å². The zero-order valence-electron chi connectivity index (χ0n) is 17.5. The highest BCUT2D eigenvalue weighted by Gasteiger charge is 2.59. The van der Waals surface area contributed by atoms with Gasteiger partial charge in [-0.05, 0) is 91.4 Å². The SMILES string of the molecule is C[C@]12CCCC[C@@H]1CC[C@@H]1[C@H]2CC[C@]2(C)[C@@H](OCc3ccccc3)CC[C@H]12. The first kappa shape index (κ1) is 18.2. The molecule has 148 valence electrons. The maximum Gasteiger partial charge on any atom is 0.0720 e. The first-order valence-electron chi connectivity index (χ1n) is 11.8. The molecule has 4 fully saturated rings. The van der Waals surface area contributed by atoms with Crippen LogP contribution < -0.4 is 0 Å². The molecule has 7 atom stereocenters. The summed E-state index contributed by atoms with van der Waals surface area (Å²) >= 11 is 0. The van der Waals surface area contributed by atoms with Gasteiger partial charge in [-0.3, -0.25) is 0 Å². The molecule has 1 aromatic rings. The van der Waals surface area contributed by atoms with E-state index in [1.807, 2.05) is 0 Å². The van der Waals surface area contributed by atoms with E-state index in [4.69, 9.17) is 4.74 Å². The molecule has 1 nitrogen and oxygen atoms in total. The molecule has 0 heterocycles. The van der Waals surface area contributed by atoms with E-state index in [2.05, 4.69) is 44.2 Å². The molecule has 0 spiro atoms. The van der Waals surface area contributed by atoms with E-state index in [1.165, 1.54) is 69.8 Å². The minimum atomic E-state index is 0.424. The van der Waals surface area contributed by atoms with Gasteiger partial charge in [-0.25, -0.2) is 0 Å². The van der Waals surface area contributed by atoms with Crippen LogP contribution in [-0.2, 0) is 11.3 Å². The summed E-state index contributed by atoms with van der Waals surface area (Å²) in [6, 6.07) is 10.8. The van der Waals surface area contributed by atoms with Gasteiger partial charge in [-0.2, -0.15) is 0 Å². The van der Waals surface area contributed by atoms with Crippen LogP contribution in [0.25, 0.3) is 0 Å². The molecule has 4 aliphatic carbocycles. The normalized spacial score (nSPS) is 46.4. The van der Waals surface area contributed by atoms with Crippen molar-refractivity contribution in [2.45, 2.75) is 90.8 Å². The second-order valence-corrected chi connectivity index (χ2v) is 10.8. The predicted molar refractivity (Wildman–Crippen MR) is 111 cm³/mol. The molecule has 1 aromatic carbocycles. The molecule has 0 N–H and O–H groups in total. The van der Waals surface area contributed by atoms with Crippen LogP contribution in [-0.4, -0.2) is 6.10 Å². The molecule has 0 saturated heterocycles. The number of ether oxygens (including phenoxy) is 1. The highest BCUT2D eigenvalue weighted by Crippen LogP contribution is 2.66. The van der Waals surface area contributed by atoms with Gasteiger partial charge in [0.05, 0.1) is 12.7 Å². The van der Waals surface area contributed by atoms with Crippen LogP contribution in [0, 0.1) is 34.5 Å². The number of hydrogen-bond acceptors (Lipinski definition) is 1. The first-order valence-corrected chi connectivity index (χ1v) is 11.8. The molecule has 0 unspecified atom stereocenters. The maximum absolute atomic E-state index is 6.57. The van der Waals surface area contributed by atoms with E-state index in [-0.39, 0.29) is 0 Å². The molecule has 0 aromatic heterocycles. The van der Waals surface area contributed by atoms with Crippen molar-refractivity contribution in [1.29, 1.82) is 0 Å². The van der Waals surface area contributed by atoms with Gasteiger partial charge in [-0.15, -0.1) is 0 Å². The first-order chi connectivity index (χ1) is 13.1. The van der Waals surface area contributed by atoms with Crippen molar-refractivity contribution in [2.75, 3.05) is 0 Å². The molecular formula is C26H38O. The average Bonchev–Trinajstić information content (AvgIpc) is 3.03. The summed E-state index contributed by atoms with van der Waals surface area (Å²) in [5, 5.41) is 0. The van der Waals surface area contributed by atoms with Crippen LogP contribution in [0.3, 0.4) is 0 Å². The van der Waals surface area contributed by atoms with E-state index in [1.54, 1.807) is 0 Å². The molecule has 0 amide bonds. The Hall–Kier alpha value is -0.820. The van der Waals surface area contributed by atoms with E-state index in [0.717, 1.165) is 30.3 Å². The van der Waals surface area contributed by atoms with Gasteiger partial charge in [0.2, 0.25) is 0 Å². The molecule has 1 heteroatoms. The van der Waals surface area contributed by atoms with Crippen molar-refractivity contribution in [3.8, 4) is 0 Å². The van der Waals surface area contributed by atoms with Crippen molar-refractivity contribution in [3.05, 3.63) is 35.9 Å². The Balaban J connectivity index is 1.32. The molecule has 27 heavy (non-hydrogen) atoms. The van der Waals surface area contributed by atoms with Crippen molar-refractivity contribution in [3.63, 3.8) is 0 Å². The second-order valence-electron chi connectivity index (χ2n) is 10.8. The van der Waals surface area contributed by atoms with E-state index in [9.17, 15) is 0 Å². The second kappa shape index (κ2) is 6.90. The number of rotatable bonds is 3. The summed E-state index contributed by atoms with van der Waals surface area (Å²) in [4.78, 5) is 0. The Bertz CT molecular complexity index is 653. The standard InChI is InChI=1S/C26H38O/c1-25-16-7-6-10-20(25)11-12-21-22-13-14-24(26(22,2)17-15-23(21)25)27-18-19-8-4-3-5-9-19/h3-5,8-9,20-24H,6-7,10-18H2,1-2H3/t20-,21+,22-,23-,24+,25+,26+/m1/s1. The Morgan fingerprint density at radius 3 is 2.48 bits per heavy atom. The van der Waals surface area contributed by atoms with Gasteiger partial charge in [0.15, 0.2) is 0 Å². The molecule has 0 aliphatic heterocycles. The number of fused-ring (bicyclic) bond motifs is 5. The average molecular weight is 367 g/mol. The van der Waals surface area contributed by atoms with Crippen LogP contribution in [0.4, 0.5) is 0 Å². The Morgan fingerprint density at radius 2 is 1.63 bits per heavy atom. The van der Waals surface area contributed by atoms with Crippen molar-refractivity contribution >= 4 is 0 Å². The molecule has 5 rings (SSSR count). The fourth-order valence-electron chi connectivity index (χ4n) is 8.29. The minimum absolute atomic E-state index is 0.424. The van der Waals surface area contributed by atoms with Gasteiger partial charge in [0, 0.05) is 0 Å². The zero-order valence-corrected chi connectivity index (χ0v) is 17.5. The third kappa shape index (κ3) is 2.91. The summed E-state index contributed by atoms with van der Waals surface area (Å²) in [6.07, 6.45) is 15.1. The van der Waals surface area contributed by atoms with Crippen molar-refractivity contribution < 1.29 is 4.74 Å². The van der Waals surface area contributed by atoms with Crippen molar-refractivity contribution in [2.24, 2.45) is 34.5 Å². The monoisotopic (exact) mass is 366 g/mol. The largest absolute Gasteiger partial charge is 0.373 e. The molecule has 4 aliphatic rings. The van der Waals surface area contributed by atoms with Gasteiger partial charge < -0.3 is 4.74 Å². The summed E-state index contributed by atoms with van der Waals surface area (Å²) in [6.45, 7) is 6.07. The van der Waals surface area contributed by atoms with E-state index < -0.39 is 0 Å². The van der Waals surface area contributed by atoms with Crippen LogP contribution in [0.5, 0.6) is 0 Å². The van der Waals surface area contributed by atoms with E-state index in [0.29, 0.717) is 16.9 Å². The third-order valence-corrected chi connectivity index (χ3v) is 9.79. The smallest absolute Gasteiger partial charge is 0.0720 e. The number of benzene rings is 1. The molecule has 0 radical (unpaired) electrons. The third-order valence-electron chi connectivity index (χ3n) is 9.79. The highest BCUT2D eigenvalue weighted by atomic mass is 16.5. The lowest BCUT2D eigenvalue weighted by Gasteiger charge is -2.60. The molecule has 0 bridgehead atoms. The maximum atomic E-state index is 6.57. The summed E-state index contributed by atoms with van der Waals surface area (Å²) in [5.74, 6) is 3.93. The topological polar surface area (TPSA) is 9.23 Å². The van der Waals surface area contributed by atoms with Gasteiger partial charge in [-0.1, -0.05) is 57.0 Å². The lowest BCUT2D eigenvalue weighted by Crippen LogP contribution is -2.53. The Labute approximate surface area is 166 Å². The van der Waals surface area contributed by atoms with Crippen molar-refractivity contribution in [1.82, 2.24) is 0 Å². The van der Waals surface area contributed by atoms with Crippen LogP contribution in [0.1, 0.15) is 83.6 Å². The highest BCUT2D eigenvalue weighted by molar-refractivity contribution is 5.14. The van der Waals surface area contributed by atoms with E-state index >= 15 is 0 Å². The summed E-state index contributed by atoms with van der Waals surface area (Å²) in [5.41, 5.74) is 2.41. The molecule has 4 saturated carbocycles. The lowest BCUT2D eigenvalue weighted by molar-refractivity contribution is -0.132. The Morgan fingerprint density at radius 1 is 0.815 bits per heavy atom. The lowest BCUT2D eigenvalue weighted by atomic mass is 9.45. The fraction of sp³-hybridized carbons (Fsp3) is 0.769. The quantitative estimate of drug-likeness (QED) is 0.559. The van der Waals surface area contributed by atoms with Gasteiger partial charge >= 0.3 is 0 Å². The molecular weight excluding hydrogens is 328 g/mol. The zero-order chi connectivity index (χ0) is 18.5. The van der Waals surface area contributed by atoms with Gasteiger partial charge in [0.25, 0.3) is 0 Å². The van der Waals surface area contributed by atoms with Crippen LogP contribution >= 0.6 is 0 Å². The summed E-state index contributed by atoms with van der Waals surface area (Å²) < 4.78 is 6.57. The predicted octanol–water partition coefficient (Wildman–Crippen LogP) is 7.00. The fourth-order valence-corrected chi connectivity index (χ4v) is 8.29. The number of hydrogen-bond donors (Lipinski definition) is 0. The summed E-state index contributed by atoms with van der Waals surface area (Å²) in [7, 11) is 0. The van der Waals surface area contributed by atoms with Gasteiger partial charge in [0.1, 0.15) is 0 Å². The Kier molecular flexibility index (Phi) is 4.66. The minimum Gasteiger partial charge on any atom is -0.373 e.